The summed E-state index contributed by atoms with van der Waals surface area (Å²) in [5.41, 5.74) is 0.0785. The number of alkyl halides is 2. The van der Waals surface area contributed by atoms with Crippen molar-refractivity contribution in [3.05, 3.63) is 27.9 Å². The highest BCUT2D eigenvalue weighted by Crippen LogP contribution is 2.23. The molecule has 1 aromatic rings. The highest BCUT2D eigenvalue weighted by Gasteiger charge is 2.28. The van der Waals surface area contributed by atoms with Crippen molar-refractivity contribution in [1.82, 2.24) is 4.98 Å². The minimum atomic E-state index is -3.35. The summed E-state index contributed by atoms with van der Waals surface area (Å²) in [5, 5.41) is 21.1. The second kappa shape index (κ2) is 5.00. The maximum Gasteiger partial charge on any atom is 0.311 e. The van der Waals surface area contributed by atoms with E-state index in [1.54, 1.807) is 6.92 Å². The molecule has 17 heavy (non-hydrogen) atoms. The summed E-state index contributed by atoms with van der Waals surface area (Å²) in [5.74, 6) is -3.58. The van der Waals surface area contributed by atoms with Crippen LogP contribution in [0.1, 0.15) is 5.69 Å². The van der Waals surface area contributed by atoms with Gasteiger partial charge in [0.2, 0.25) is 5.82 Å². The van der Waals surface area contributed by atoms with E-state index < -0.39 is 24.0 Å². The van der Waals surface area contributed by atoms with Gasteiger partial charge in [-0.15, -0.1) is 0 Å². The van der Waals surface area contributed by atoms with Gasteiger partial charge >= 0.3 is 5.69 Å². The van der Waals surface area contributed by atoms with Crippen molar-refractivity contribution in [1.29, 1.82) is 0 Å². The highest BCUT2D eigenvalue weighted by molar-refractivity contribution is 5.56. The van der Waals surface area contributed by atoms with Gasteiger partial charge in [-0.1, -0.05) is 0 Å². The summed E-state index contributed by atoms with van der Waals surface area (Å²) in [4.78, 5) is 13.7. The summed E-state index contributed by atoms with van der Waals surface area (Å²) >= 11 is 0. The zero-order chi connectivity index (χ0) is 13.1. The molecule has 2 N–H and O–H groups in total. The number of aryl methyl sites for hydroxylation is 1. The van der Waals surface area contributed by atoms with Crippen molar-refractivity contribution in [2.75, 3.05) is 18.5 Å². The zero-order valence-electron chi connectivity index (χ0n) is 8.98. The Morgan fingerprint density at radius 1 is 1.59 bits per heavy atom. The van der Waals surface area contributed by atoms with E-state index in [0.717, 1.165) is 0 Å². The van der Waals surface area contributed by atoms with E-state index in [1.165, 1.54) is 12.1 Å². The molecule has 94 valence electrons. The lowest BCUT2D eigenvalue weighted by Crippen LogP contribution is -2.31. The molecule has 0 fully saturated rings. The van der Waals surface area contributed by atoms with Crippen molar-refractivity contribution >= 4 is 11.5 Å². The molecule has 0 atom stereocenters. The monoisotopic (exact) mass is 247 g/mol. The molecule has 0 aromatic carbocycles. The van der Waals surface area contributed by atoms with E-state index in [4.69, 9.17) is 5.11 Å². The molecule has 1 rings (SSSR count). The van der Waals surface area contributed by atoms with Gasteiger partial charge in [-0.05, 0) is 13.0 Å². The van der Waals surface area contributed by atoms with Crippen molar-refractivity contribution in [3.63, 3.8) is 0 Å². The first-order valence-corrected chi connectivity index (χ1v) is 4.70. The lowest BCUT2D eigenvalue weighted by atomic mass is 10.3. The maximum absolute atomic E-state index is 12.8. The Bertz CT molecular complexity index is 426. The van der Waals surface area contributed by atoms with E-state index in [1.807, 2.05) is 0 Å². The van der Waals surface area contributed by atoms with Crippen LogP contribution in [0, 0.1) is 17.0 Å². The third-order valence-corrected chi connectivity index (χ3v) is 1.96. The predicted molar refractivity (Wildman–Crippen MR) is 56.2 cm³/mol. The molecule has 0 unspecified atom stereocenters. The summed E-state index contributed by atoms with van der Waals surface area (Å²) < 4.78 is 25.5. The van der Waals surface area contributed by atoms with Crippen LogP contribution >= 0.6 is 0 Å². The maximum atomic E-state index is 12.8. The molecule has 0 spiro atoms. The van der Waals surface area contributed by atoms with Crippen LogP contribution in [0.2, 0.25) is 0 Å². The van der Waals surface area contributed by atoms with Crippen molar-refractivity contribution < 1.29 is 18.8 Å². The number of aliphatic hydroxyl groups is 1. The van der Waals surface area contributed by atoms with Crippen LogP contribution in [-0.2, 0) is 0 Å². The van der Waals surface area contributed by atoms with E-state index in [-0.39, 0.29) is 11.5 Å². The second-order valence-corrected chi connectivity index (χ2v) is 3.45. The fourth-order valence-electron chi connectivity index (χ4n) is 1.10. The van der Waals surface area contributed by atoms with Crippen LogP contribution in [0.3, 0.4) is 0 Å². The zero-order valence-corrected chi connectivity index (χ0v) is 8.98. The average Bonchev–Trinajstić information content (AvgIpc) is 2.26. The Morgan fingerprint density at radius 2 is 2.24 bits per heavy atom. The van der Waals surface area contributed by atoms with E-state index in [0.29, 0.717) is 5.69 Å². The number of aromatic nitrogens is 1. The molecule has 0 saturated carbocycles. The molecule has 0 radical (unpaired) electrons. The molecule has 0 saturated heterocycles. The predicted octanol–water partition coefficient (Wildman–Crippen LogP) is 1.34. The fourth-order valence-corrected chi connectivity index (χ4v) is 1.10. The summed E-state index contributed by atoms with van der Waals surface area (Å²) in [6.07, 6.45) is 0. The van der Waals surface area contributed by atoms with Crippen LogP contribution < -0.4 is 5.32 Å². The van der Waals surface area contributed by atoms with Crippen LogP contribution in [-0.4, -0.2) is 34.1 Å². The number of nitrogens with one attached hydrogen (secondary N) is 1. The van der Waals surface area contributed by atoms with Gasteiger partial charge in [0, 0.05) is 11.8 Å². The number of nitrogens with zero attached hydrogens (tertiary/aromatic N) is 2. The van der Waals surface area contributed by atoms with E-state index >= 15 is 0 Å². The summed E-state index contributed by atoms with van der Waals surface area (Å²) in [6.45, 7) is -0.667. The number of hydrogen-bond acceptors (Lipinski definition) is 5. The SMILES string of the molecule is Cc1ccc([N+](=O)[O-])c(NCC(F)(F)CO)n1. The first-order valence-electron chi connectivity index (χ1n) is 4.70. The summed E-state index contributed by atoms with van der Waals surface area (Å²) in [7, 11) is 0. The lowest BCUT2D eigenvalue weighted by Gasteiger charge is -2.14. The minimum absolute atomic E-state index is 0.233. The smallest absolute Gasteiger partial charge is 0.311 e. The van der Waals surface area contributed by atoms with Gasteiger partial charge < -0.3 is 10.4 Å². The molecule has 0 aliphatic heterocycles. The largest absolute Gasteiger partial charge is 0.390 e. The molecule has 0 bridgehead atoms. The Morgan fingerprint density at radius 3 is 2.76 bits per heavy atom. The van der Waals surface area contributed by atoms with Gasteiger partial charge in [-0.3, -0.25) is 10.1 Å². The third-order valence-electron chi connectivity index (χ3n) is 1.96. The number of anilines is 1. The van der Waals surface area contributed by atoms with Gasteiger partial charge in [0.25, 0.3) is 5.92 Å². The fraction of sp³-hybridized carbons (Fsp3) is 0.444. The Labute approximate surface area is 95.4 Å². The van der Waals surface area contributed by atoms with Crippen LogP contribution in [0.4, 0.5) is 20.3 Å². The Balaban J connectivity index is 2.89. The third kappa shape index (κ3) is 3.59. The normalized spacial score (nSPS) is 11.3. The molecular weight excluding hydrogens is 236 g/mol. The standard InChI is InChI=1S/C9H11F2N3O3/c1-6-2-3-7(14(16)17)8(13-6)12-4-9(10,11)5-15/h2-3,15H,4-5H2,1H3,(H,12,13). The first kappa shape index (κ1) is 13.2. The molecule has 6 nitrogen and oxygen atoms in total. The van der Waals surface area contributed by atoms with Crippen LogP contribution in [0.25, 0.3) is 0 Å². The van der Waals surface area contributed by atoms with Crippen molar-refractivity contribution in [3.8, 4) is 0 Å². The number of halogens is 2. The lowest BCUT2D eigenvalue weighted by molar-refractivity contribution is -0.384. The Hall–Kier alpha value is -1.83. The number of pyridine rings is 1. The molecule has 0 aliphatic carbocycles. The van der Waals surface area contributed by atoms with Crippen molar-refractivity contribution in [2.45, 2.75) is 12.8 Å². The van der Waals surface area contributed by atoms with Gasteiger partial charge in [0.15, 0.2) is 0 Å². The highest BCUT2D eigenvalue weighted by atomic mass is 19.3. The minimum Gasteiger partial charge on any atom is -0.390 e. The van der Waals surface area contributed by atoms with Gasteiger partial charge in [0.1, 0.15) is 6.61 Å². The quantitative estimate of drug-likeness (QED) is 0.605. The molecule has 0 aliphatic rings. The first-order chi connectivity index (χ1) is 7.85. The molecule has 8 heteroatoms. The van der Waals surface area contributed by atoms with Crippen molar-refractivity contribution in [2.24, 2.45) is 0 Å². The number of nitro groups is 1. The average molecular weight is 247 g/mol. The van der Waals surface area contributed by atoms with Crippen LogP contribution in [0.5, 0.6) is 0 Å². The van der Waals surface area contributed by atoms with Gasteiger partial charge in [-0.25, -0.2) is 13.8 Å². The summed E-state index contributed by atoms with van der Waals surface area (Å²) in [6, 6.07) is 2.59. The number of hydrogen-bond donors (Lipinski definition) is 2. The number of aliphatic hydroxyl groups excluding tert-OH is 1. The molecule has 1 heterocycles. The van der Waals surface area contributed by atoms with E-state index in [2.05, 4.69) is 10.3 Å². The molecular formula is C9H11F2N3O3. The van der Waals surface area contributed by atoms with E-state index in [9.17, 15) is 18.9 Å². The molecule has 0 amide bonds. The topological polar surface area (TPSA) is 88.3 Å². The number of rotatable bonds is 5. The van der Waals surface area contributed by atoms with Crippen LogP contribution in [0.15, 0.2) is 12.1 Å². The Kier molecular flexibility index (Phi) is 3.89. The second-order valence-electron chi connectivity index (χ2n) is 3.45. The van der Waals surface area contributed by atoms with Gasteiger partial charge in [0.05, 0.1) is 11.5 Å². The molecule has 1 aromatic heterocycles. The van der Waals surface area contributed by atoms with Gasteiger partial charge in [-0.2, -0.15) is 0 Å².